The molecule has 8 heteroatoms. The van der Waals surface area contributed by atoms with Gasteiger partial charge in [-0.25, -0.2) is 14.5 Å². The van der Waals surface area contributed by atoms with Gasteiger partial charge in [-0.05, 0) is 23.8 Å². The lowest BCUT2D eigenvalue weighted by Gasteiger charge is -2.23. The van der Waals surface area contributed by atoms with Gasteiger partial charge in [-0.3, -0.25) is 0 Å². The Morgan fingerprint density at radius 3 is 2.78 bits per heavy atom. The molecule has 0 fully saturated rings. The highest BCUT2D eigenvalue weighted by atomic mass is 16.4. The number of nitrogens with zero attached hydrogens (tertiary/aromatic N) is 6. The fourth-order valence-electron chi connectivity index (χ4n) is 1.60. The van der Waals surface area contributed by atoms with Crippen molar-refractivity contribution in [3.63, 3.8) is 0 Å². The molecule has 0 aliphatic carbocycles. The number of carbonyl (C=O) groups is 1. The van der Waals surface area contributed by atoms with Gasteiger partial charge in [0, 0.05) is 13.2 Å². The molecule has 1 atom stereocenters. The maximum Gasteiger partial charge on any atom is 0.331 e. The van der Waals surface area contributed by atoms with Crippen LogP contribution in [-0.4, -0.2) is 40.8 Å². The highest BCUT2D eigenvalue weighted by molar-refractivity contribution is 5.76. The smallest absolute Gasteiger partial charge is 0.331 e. The van der Waals surface area contributed by atoms with Gasteiger partial charge < -0.3 is 9.67 Å². The van der Waals surface area contributed by atoms with Crippen LogP contribution in [0, 0.1) is 0 Å². The Bertz CT molecular complexity index is 574. The SMILES string of the molecule is CCC(C)(C(=O)O)n1nnnc1-c1cn(C)cn1. The summed E-state index contributed by atoms with van der Waals surface area (Å²) in [5.41, 5.74) is -0.639. The quantitative estimate of drug-likeness (QED) is 0.837. The number of hydrogen-bond acceptors (Lipinski definition) is 5. The van der Waals surface area contributed by atoms with Gasteiger partial charge in [0.05, 0.1) is 6.33 Å². The third-order valence-electron chi connectivity index (χ3n) is 3.02. The molecule has 0 saturated heterocycles. The molecule has 0 aromatic carbocycles. The normalized spacial score (nSPS) is 14.4. The number of tetrazole rings is 1. The van der Waals surface area contributed by atoms with Gasteiger partial charge in [0.25, 0.3) is 0 Å². The van der Waals surface area contributed by atoms with E-state index in [1.54, 1.807) is 30.9 Å². The second-order valence-electron chi connectivity index (χ2n) is 4.27. The van der Waals surface area contributed by atoms with Crippen molar-refractivity contribution in [2.45, 2.75) is 25.8 Å². The number of aryl methyl sites for hydroxylation is 1. The van der Waals surface area contributed by atoms with Crippen LogP contribution in [0.15, 0.2) is 12.5 Å². The number of imidazole rings is 1. The Morgan fingerprint density at radius 2 is 2.28 bits per heavy atom. The standard InChI is InChI=1S/C10H14N6O2/c1-4-10(2,9(17)18)16-8(12-13-14-16)7-5-15(3)6-11-7/h5-6H,4H2,1-3H3,(H,17,18). The third-order valence-corrected chi connectivity index (χ3v) is 3.02. The van der Waals surface area contributed by atoms with Crippen LogP contribution in [-0.2, 0) is 17.4 Å². The summed E-state index contributed by atoms with van der Waals surface area (Å²) >= 11 is 0. The van der Waals surface area contributed by atoms with E-state index in [0.717, 1.165) is 0 Å². The van der Waals surface area contributed by atoms with E-state index in [1.165, 1.54) is 4.68 Å². The van der Waals surface area contributed by atoms with Crippen LogP contribution >= 0.6 is 0 Å². The molecular weight excluding hydrogens is 236 g/mol. The molecule has 0 aliphatic rings. The van der Waals surface area contributed by atoms with Crippen molar-refractivity contribution in [1.82, 2.24) is 29.8 Å². The van der Waals surface area contributed by atoms with Crippen molar-refractivity contribution in [3.8, 4) is 11.5 Å². The van der Waals surface area contributed by atoms with Crippen LogP contribution in [0.5, 0.6) is 0 Å². The van der Waals surface area contributed by atoms with Gasteiger partial charge in [0.15, 0.2) is 5.54 Å². The largest absolute Gasteiger partial charge is 0.479 e. The van der Waals surface area contributed by atoms with E-state index in [0.29, 0.717) is 17.9 Å². The molecule has 2 aromatic heterocycles. The molecule has 96 valence electrons. The number of carboxylic acid groups (broad SMARTS) is 1. The molecule has 0 saturated carbocycles. The summed E-state index contributed by atoms with van der Waals surface area (Å²) in [6, 6.07) is 0. The lowest BCUT2D eigenvalue weighted by atomic mass is 9.99. The molecule has 0 aliphatic heterocycles. The van der Waals surface area contributed by atoms with Crippen LogP contribution in [0.1, 0.15) is 20.3 Å². The topological polar surface area (TPSA) is 98.7 Å². The van der Waals surface area contributed by atoms with E-state index in [9.17, 15) is 9.90 Å². The van der Waals surface area contributed by atoms with Crippen LogP contribution in [0.2, 0.25) is 0 Å². The minimum Gasteiger partial charge on any atom is -0.479 e. The summed E-state index contributed by atoms with van der Waals surface area (Å²) in [6.07, 6.45) is 3.71. The average Bonchev–Trinajstić information content (AvgIpc) is 2.95. The van der Waals surface area contributed by atoms with Gasteiger partial charge in [0.2, 0.25) is 5.82 Å². The van der Waals surface area contributed by atoms with Gasteiger partial charge in [-0.15, -0.1) is 5.10 Å². The first-order chi connectivity index (χ1) is 8.49. The van der Waals surface area contributed by atoms with Gasteiger partial charge in [0.1, 0.15) is 5.69 Å². The monoisotopic (exact) mass is 250 g/mol. The van der Waals surface area contributed by atoms with Crippen LogP contribution in [0.25, 0.3) is 11.5 Å². The van der Waals surface area contributed by atoms with E-state index >= 15 is 0 Å². The predicted molar refractivity (Wildman–Crippen MR) is 61.6 cm³/mol. The molecule has 8 nitrogen and oxygen atoms in total. The number of aliphatic carboxylic acids is 1. The van der Waals surface area contributed by atoms with Crippen molar-refractivity contribution in [1.29, 1.82) is 0 Å². The zero-order valence-electron chi connectivity index (χ0n) is 10.4. The summed E-state index contributed by atoms with van der Waals surface area (Å²) in [7, 11) is 1.82. The Kier molecular flexibility index (Phi) is 2.85. The van der Waals surface area contributed by atoms with Crippen molar-refractivity contribution < 1.29 is 9.90 Å². The lowest BCUT2D eigenvalue weighted by Crippen LogP contribution is -2.39. The molecular formula is C10H14N6O2. The Morgan fingerprint density at radius 1 is 1.56 bits per heavy atom. The van der Waals surface area contributed by atoms with Crippen LogP contribution < -0.4 is 0 Å². The number of aromatic nitrogens is 6. The van der Waals surface area contributed by atoms with Gasteiger partial charge >= 0.3 is 5.97 Å². The first kappa shape index (κ1) is 12.2. The van der Waals surface area contributed by atoms with Crippen LogP contribution in [0.3, 0.4) is 0 Å². The van der Waals surface area contributed by atoms with Gasteiger partial charge in [-0.1, -0.05) is 6.92 Å². The van der Waals surface area contributed by atoms with Crippen molar-refractivity contribution in [2.75, 3.05) is 0 Å². The Labute approximate surface area is 103 Å². The molecule has 2 heterocycles. The fraction of sp³-hybridized carbons (Fsp3) is 0.500. The van der Waals surface area contributed by atoms with Crippen molar-refractivity contribution in [3.05, 3.63) is 12.5 Å². The molecule has 0 amide bonds. The van der Waals surface area contributed by atoms with Crippen molar-refractivity contribution >= 4 is 5.97 Å². The van der Waals surface area contributed by atoms with E-state index < -0.39 is 11.5 Å². The summed E-state index contributed by atoms with van der Waals surface area (Å²) in [6.45, 7) is 3.36. The molecule has 2 aromatic rings. The van der Waals surface area contributed by atoms with Gasteiger partial charge in [-0.2, -0.15) is 0 Å². The molecule has 1 unspecified atom stereocenters. The molecule has 0 radical (unpaired) electrons. The second kappa shape index (κ2) is 4.21. The Hall–Kier alpha value is -2.25. The van der Waals surface area contributed by atoms with Crippen molar-refractivity contribution in [2.24, 2.45) is 7.05 Å². The number of rotatable bonds is 4. The molecule has 0 bridgehead atoms. The first-order valence-electron chi connectivity index (χ1n) is 5.49. The zero-order chi connectivity index (χ0) is 13.3. The maximum atomic E-state index is 11.4. The highest BCUT2D eigenvalue weighted by Gasteiger charge is 2.37. The third kappa shape index (κ3) is 1.75. The molecule has 18 heavy (non-hydrogen) atoms. The predicted octanol–water partition coefficient (Wildman–Crippen LogP) is 0.283. The minimum absolute atomic E-state index is 0.349. The fourth-order valence-corrected chi connectivity index (χ4v) is 1.60. The first-order valence-corrected chi connectivity index (χ1v) is 5.49. The van der Waals surface area contributed by atoms with Crippen LogP contribution in [0.4, 0.5) is 0 Å². The summed E-state index contributed by atoms with van der Waals surface area (Å²) in [5, 5.41) is 20.5. The van der Waals surface area contributed by atoms with E-state index in [4.69, 9.17) is 0 Å². The molecule has 0 spiro atoms. The summed E-state index contributed by atoms with van der Waals surface area (Å²) in [5.74, 6) is -0.628. The number of hydrogen-bond donors (Lipinski definition) is 1. The summed E-state index contributed by atoms with van der Waals surface area (Å²) in [4.78, 5) is 15.5. The summed E-state index contributed by atoms with van der Waals surface area (Å²) < 4.78 is 3.05. The Balaban J connectivity index is 2.54. The van der Waals surface area contributed by atoms with E-state index in [1.807, 2.05) is 7.05 Å². The second-order valence-corrected chi connectivity index (χ2v) is 4.27. The number of carboxylic acids is 1. The highest BCUT2D eigenvalue weighted by Crippen LogP contribution is 2.24. The minimum atomic E-state index is -1.18. The van der Waals surface area contributed by atoms with E-state index in [-0.39, 0.29) is 0 Å². The van der Waals surface area contributed by atoms with E-state index in [2.05, 4.69) is 20.5 Å². The zero-order valence-corrected chi connectivity index (χ0v) is 10.4. The molecule has 1 N–H and O–H groups in total. The average molecular weight is 250 g/mol. The maximum absolute atomic E-state index is 11.4. The lowest BCUT2D eigenvalue weighted by molar-refractivity contribution is -0.147. The molecule has 2 rings (SSSR count).